The van der Waals surface area contributed by atoms with Gasteiger partial charge in [-0.1, -0.05) is 39.7 Å². The van der Waals surface area contributed by atoms with Crippen LogP contribution in [0.15, 0.2) is 36.4 Å². The first-order valence-corrected chi connectivity index (χ1v) is 6.74. The van der Waals surface area contributed by atoms with E-state index in [1.807, 2.05) is 0 Å². The zero-order chi connectivity index (χ0) is 14.0. The summed E-state index contributed by atoms with van der Waals surface area (Å²) in [5.74, 6) is -0.458. The molecule has 0 saturated carbocycles. The lowest BCUT2D eigenvalue weighted by Crippen LogP contribution is -1.98. The summed E-state index contributed by atoms with van der Waals surface area (Å²) in [6, 6.07) is 8.87. The minimum Gasteiger partial charge on any atom is -0.497 e. The van der Waals surface area contributed by atoms with Gasteiger partial charge in [-0.05, 0) is 23.8 Å². The molecule has 2 aromatic rings. The van der Waals surface area contributed by atoms with Gasteiger partial charge in [-0.25, -0.2) is 8.78 Å². The van der Waals surface area contributed by atoms with Crippen LogP contribution in [0.3, 0.4) is 0 Å². The molecule has 0 bridgehead atoms. The van der Waals surface area contributed by atoms with E-state index in [1.54, 1.807) is 18.2 Å². The standard InChI is InChI=1S/C14H10BrClF2O/c1-19-9-3-4-10(13(18)7-9)14(15)8-2-5-12(17)11(16)6-8/h2-7,14H,1H3. The average Bonchev–Trinajstić information content (AvgIpc) is 2.41. The minimum atomic E-state index is -0.500. The van der Waals surface area contributed by atoms with Crippen LogP contribution in [-0.2, 0) is 0 Å². The van der Waals surface area contributed by atoms with Crippen molar-refractivity contribution >= 4 is 27.5 Å². The van der Waals surface area contributed by atoms with Crippen molar-refractivity contribution in [3.8, 4) is 5.75 Å². The molecule has 19 heavy (non-hydrogen) atoms. The lowest BCUT2D eigenvalue weighted by Gasteiger charge is -2.13. The lowest BCUT2D eigenvalue weighted by molar-refractivity contribution is 0.411. The van der Waals surface area contributed by atoms with Crippen molar-refractivity contribution in [3.05, 3.63) is 64.2 Å². The molecule has 100 valence electrons. The fourth-order valence-corrected chi connectivity index (χ4v) is 2.54. The Hall–Kier alpha value is -1.13. The van der Waals surface area contributed by atoms with Crippen LogP contribution in [0, 0.1) is 11.6 Å². The molecule has 0 N–H and O–H groups in total. The molecule has 0 amide bonds. The number of halogens is 4. The normalized spacial score (nSPS) is 12.3. The van der Waals surface area contributed by atoms with E-state index in [-0.39, 0.29) is 5.02 Å². The predicted octanol–water partition coefficient (Wildman–Crippen LogP) is 5.11. The van der Waals surface area contributed by atoms with E-state index >= 15 is 0 Å². The van der Waals surface area contributed by atoms with E-state index in [0.717, 1.165) is 0 Å². The monoisotopic (exact) mass is 346 g/mol. The molecule has 0 heterocycles. The number of ether oxygens (including phenoxy) is 1. The van der Waals surface area contributed by atoms with Crippen LogP contribution < -0.4 is 4.74 Å². The van der Waals surface area contributed by atoms with Crippen LogP contribution >= 0.6 is 27.5 Å². The van der Waals surface area contributed by atoms with Gasteiger partial charge < -0.3 is 4.74 Å². The molecule has 0 spiro atoms. The lowest BCUT2D eigenvalue weighted by atomic mass is 10.0. The second kappa shape index (κ2) is 5.88. The first-order valence-electron chi connectivity index (χ1n) is 5.45. The molecule has 0 saturated heterocycles. The maximum atomic E-state index is 13.9. The minimum absolute atomic E-state index is 0.0101. The quantitative estimate of drug-likeness (QED) is 0.701. The van der Waals surface area contributed by atoms with E-state index in [9.17, 15) is 8.78 Å². The highest BCUT2D eigenvalue weighted by atomic mass is 79.9. The van der Waals surface area contributed by atoms with Gasteiger partial charge in [-0.3, -0.25) is 0 Å². The Kier molecular flexibility index (Phi) is 4.42. The third kappa shape index (κ3) is 3.07. The van der Waals surface area contributed by atoms with Gasteiger partial charge in [0.05, 0.1) is 17.0 Å². The fourth-order valence-electron chi connectivity index (χ4n) is 1.69. The van der Waals surface area contributed by atoms with Gasteiger partial charge in [-0.2, -0.15) is 0 Å². The largest absolute Gasteiger partial charge is 0.497 e. The van der Waals surface area contributed by atoms with Crippen LogP contribution in [0.2, 0.25) is 5.02 Å². The van der Waals surface area contributed by atoms with E-state index in [4.69, 9.17) is 16.3 Å². The number of alkyl halides is 1. The van der Waals surface area contributed by atoms with E-state index in [0.29, 0.717) is 16.9 Å². The Balaban J connectivity index is 2.38. The maximum Gasteiger partial charge on any atom is 0.141 e. The Morgan fingerprint density at radius 1 is 1.11 bits per heavy atom. The molecule has 1 unspecified atom stereocenters. The molecular formula is C14H10BrClF2O. The molecule has 0 radical (unpaired) electrons. The predicted molar refractivity (Wildman–Crippen MR) is 75.1 cm³/mol. The highest BCUT2D eigenvalue weighted by Crippen LogP contribution is 2.35. The molecule has 1 atom stereocenters. The summed E-state index contributed by atoms with van der Waals surface area (Å²) in [5.41, 5.74) is 1.11. The number of benzene rings is 2. The average molecular weight is 348 g/mol. The summed E-state index contributed by atoms with van der Waals surface area (Å²) in [6.45, 7) is 0. The van der Waals surface area contributed by atoms with E-state index in [2.05, 4.69) is 15.9 Å². The fraction of sp³-hybridized carbons (Fsp3) is 0.143. The van der Waals surface area contributed by atoms with Crippen LogP contribution in [-0.4, -0.2) is 7.11 Å². The SMILES string of the molecule is COc1ccc(C(Br)c2ccc(F)c(Cl)c2)c(F)c1. The van der Waals surface area contributed by atoms with Gasteiger partial charge in [0.1, 0.15) is 17.4 Å². The number of rotatable bonds is 3. The van der Waals surface area contributed by atoms with Crippen molar-refractivity contribution in [2.75, 3.05) is 7.11 Å². The van der Waals surface area contributed by atoms with Gasteiger partial charge in [0.2, 0.25) is 0 Å². The van der Waals surface area contributed by atoms with Gasteiger partial charge in [-0.15, -0.1) is 0 Å². The molecule has 0 aliphatic rings. The first-order chi connectivity index (χ1) is 9.02. The van der Waals surface area contributed by atoms with E-state index < -0.39 is 16.5 Å². The summed E-state index contributed by atoms with van der Waals surface area (Å²) in [6.07, 6.45) is 0. The molecule has 0 fully saturated rings. The van der Waals surface area contributed by atoms with Crippen LogP contribution in [0.1, 0.15) is 16.0 Å². The summed E-state index contributed by atoms with van der Waals surface area (Å²) in [4.78, 5) is -0.406. The Bertz CT molecular complexity index is 604. The number of hydrogen-bond acceptors (Lipinski definition) is 1. The molecular weight excluding hydrogens is 338 g/mol. The van der Waals surface area contributed by atoms with Gasteiger partial charge in [0, 0.05) is 11.6 Å². The third-order valence-corrected chi connectivity index (χ3v) is 4.03. The Morgan fingerprint density at radius 3 is 2.42 bits per heavy atom. The highest BCUT2D eigenvalue weighted by Gasteiger charge is 2.16. The maximum absolute atomic E-state index is 13.9. The number of hydrogen-bond donors (Lipinski definition) is 0. The van der Waals surface area contributed by atoms with Gasteiger partial charge >= 0.3 is 0 Å². The van der Waals surface area contributed by atoms with Crippen LogP contribution in [0.5, 0.6) is 5.75 Å². The summed E-state index contributed by atoms with van der Waals surface area (Å²) in [5, 5.41) is 0.0101. The number of methoxy groups -OCH3 is 1. The zero-order valence-electron chi connectivity index (χ0n) is 9.96. The second-order valence-corrected chi connectivity index (χ2v) is 5.25. The van der Waals surface area contributed by atoms with Crippen molar-refractivity contribution < 1.29 is 13.5 Å². The third-order valence-electron chi connectivity index (χ3n) is 2.72. The van der Waals surface area contributed by atoms with Crippen molar-refractivity contribution in [2.24, 2.45) is 0 Å². The van der Waals surface area contributed by atoms with Crippen molar-refractivity contribution in [3.63, 3.8) is 0 Å². The first kappa shape index (κ1) is 14.3. The van der Waals surface area contributed by atoms with Crippen molar-refractivity contribution in [1.29, 1.82) is 0 Å². The second-order valence-electron chi connectivity index (χ2n) is 3.92. The molecule has 5 heteroatoms. The highest BCUT2D eigenvalue weighted by molar-refractivity contribution is 9.09. The summed E-state index contributed by atoms with van der Waals surface area (Å²) < 4.78 is 32.0. The molecule has 0 aromatic heterocycles. The molecule has 2 aromatic carbocycles. The van der Waals surface area contributed by atoms with Crippen LogP contribution in [0.4, 0.5) is 8.78 Å². The topological polar surface area (TPSA) is 9.23 Å². The van der Waals surface area contributed by atoms with Gasteiger partial charge in [0.15, 0.2) is 0 Å². The van der Waals surface area contributed by atoms with Crippen molar-refractivity contribution in [1.82, 2.24) is 0 Å². The van der Waals surface area contributed by atoms with Gasteiger partial charge in [0.25, 0.3) is 0 Å². The smallest absolute Gasteiger partial charge is 0.141 e. The molecule has 1 nitrogen and oxygen atoms in total. The van der Waals surface area contributed by atoms with Crippen LogP contribution in [0.25, 0.3) is 0 Å². The molecule has 0 aliphatic carbocycles. The zero-order valence-corrected chi connectivity index (χ0v) is 12.3. The van der Waals surface area contributed by atoms with E-state index in [1.165, 1.54) is 25.3 Å². The Labute approximate surface area is 123 Å². The Morgan fingerprint density at radius 2 is 1.84 bits per heavy atom. The van der Waals surface area contributed by atoms with Crippen molar-refractivity contribution in [2.45, 2.75) is 4.83 Å². The summed E-state index contributed by atoms with van der Waals surface area (Å²) >= 11 is 9.11. The summed E-state index contributed by atoms with van der Waals surface area (Å²) in [7, 11) is 1.47. The molecule has 0 aliphatic heterocycles. The molecule has 2 rings (SSSR count).